The van der Waals surface area contributed by atoms with Crippen molar-refractivity contribution in [3.8, 4) is 11.3 Å². The van der Waals surface area contributed by atoms with Crippen LogP contribution < -0.4 is 5.56 Å². The maximum atomic E-state index is 13.5. The number of H-pyrrole nitrogens is 1. The average molecular weight is 397 g/mol. The highest BCUT2D eigenvalue weighted by atomic mass is 19.1. The first-order valence-corrected chi connectivity index (χ1v) is 9.82. The molecule has 3 heterocycles. The Labute approximate surface area is 167 Å². The predicted octanol–water partition coefficient (Wildman–Crippen LogP) is 3.34. The Bertz CT molecular complexity index is 1150. The van der Waals surface area contributed by atoms with Crippen LogP contribution in [0, 0.1) is 0 Å². The van der Waals surface area contributed by atoms with E-state index in [1.54, 1.807) is 0 Å². The highest BCUT2D eigenvalue weighted by molar-refractivity contribution is 5.89. The highest BCUT2D eigenvalue weighted by Gasteiger charge is 2.23. The maximum Gasteiger partial charge on any atom is 0.341 e. The van der Waals surface area contributed by atoms with Crippen LogP contribution in [-0.2, 0) is 20.0 Å². The van der Waals surface area contributed by atoms with Gasteiger partial charge < -0.3 is 14.7 Å². The number of halogens is 1. The van der Waals surface area contributed by atoms with Crippen molar-refractivity contribution in [2.45, 2.75) is 32.5 Å². The summed E-state index contributed by atoms with van der Waals surface area (Å²) in [6.45, 7) is 3.87. The second kappa shape index (κ2) is 7.48. The van der Waals surface area contributed by atoms with Crippen LogP contribution in [0.1, 0.15) is 35.0 Å². The molecular weight excluding hydrogens is 373 g/mol. The second-order valence-electron chi connectivity index (χ2n) is 7.66. The summed E-state index contributed by atoms with van der Waals surface area (Å²) in [5, 5.41) is 10.2. The summed E-state index contributed by atoms with van der Waals surface area (Å²) in [6, 6.07) is 9.49. The number of carbonyl (C=O) groups is 1. The summed E-state index contributed by atoms with van der Waals surface area (Å²) < 4.78 is 15.6. The lowest BCUT2D eigenvalue weighted by Gasteiger charge is -2.15. The highest BCUT2D eigenvalue weighted by Crippen LogP contribution is 2.28. The summed E-state index contributed by atoms with van der Waals surface area (Å²) in [4.78, 5) is 28.3. The fourth-order valence-electron chi connectivity index (χ4n) is 4.14. The molecular formula is C22H24FN3O3. The van der Waals surface area contributed by atoms with Gasteiger partial charge in [0.05, 0.1) is 5.69 Å². The van der Waals surface area contributed by atoms with E-state index in [4.69, 9.17) is 0 Å². The Balaban J connectivity index is 1.73. The molecule has 1 aliphatic heterocycles. The van der Waals surface area contributed by atoms with Gasteiger partial charge in [0.1, 0.15) is 11.7 Å². The Hall–Kier alpha value is -2.93. The number of aryl methyl sites for hydroxylation is 2. The van der Waals surface area contributed by atoms with Crippen molar-refractivity contribution in [2.24, 2.45) is 7.05 Å². The van der Waals surface area contributed by atoms with Crippen molar-refractivity contribution < 1.29 is 14.3 Å². The van der Waals surface area contributed by atoms with Gasteiger partial charge in [-0.25, -0.2) is 9.18 Å². The molecule has 2 aromatic heterocycles. The van der Waals surface area contributed by atoms with Gasteiger partial charge in [-0.3, -0.25) is 9.69 Å². The molecule has 0 amide bonds. The van der Waals surface area contributed by atoms with Crippen molar-refractivity contribution >= 4 is 16.9 Å². The summed E-state index contributed by atoms with van der Waals surface area (Å²) >= 11 is 0. The average Bonchev–Trinajstić information content (AvgIpc) is 3.24. The third kappa shape index (κ3) is 3.58. The van der Waals surface area contributed by atoms with Crippen LogP contribution in [-0.4, -0.2) is 44.8 Å². The lowest BCUT2D eigenvalue weighted by Crippen LogP contribution is -2.21. The summed E-state index contributed by atoms with van der Waals surface area (Å²) in [5.74, 6) is -1.23. The van der Waals surface area contributed by atoms with Gasteiger partial charge >= 0.3 is 5.97 Å². The monoisotopic (exact) mass is 397 g/mol. The molecule has 0 aliphatic carbocycles. The van der Waals surface area contributed by atoms with Crippen LogP contribution >= 0.6 is 0 Å². The largest absolute Gasteiger partial charge is 0.477 e. The van der Waals surface area contributed by atoms with Crippen LogP contribution in [0.5, 0.6) is 0 Å². The van der Waals surface area contributed by atoms with Gasteiger partial charge in [-0.2, -0.15) is 0 Å². The van der Waals surface area contributed by atoms with E-state index in [0.717, 1.165) is 34.3 Å². The minimum Gasteiger partial charge on any atom is -0.477 e. The van der Waals surface area contributed by atoms with Crippen molar-refractivity contribution in [1.29, 1.82) is 0 Å². The third-order valence-corrected chi connectivity index (χ3v) is 5.77. The molecule has 152 valence electrons. The number of aromatic nitrogens is 2. The zero-order chi connectivity index (χ0) is 20.7. The molecule has 7 heteroatoms. The van der Waals surface area contributed by atoms with Gasteiger partial charge in [0.2, 0.25) is 0 Å². The molecule has 0 unspecified atom stereocenters. The number of aromatic amines is 1. The fraction of sp³-hybridized carbons (Fsp3) is 0.364. The van der Waals surface area contributed by atoms with E-state index in [-0.39, 0.29) is 5.56 Å². The lowest BCUT2D eigenvalue weighted by atomic mass is 10.0. The number of hydrogen-bond acceptors (Lipinski definition) is 3. The van der Waals surface area contributed by atoms with E-state index in [2.05, 4.69) is 20.5 Å². The molecule has 0 saturated carbocycles. The Morgan fingerprint density at radius 1 is 1.31 bits per heavy atom. The van der Waals surface area contributed by atoms with Gasteiger partial charge in [0, 0.05) is 43.3 Å². The molecule has 3 aromatic rings. The topological polar surface area (TPSA) is 78.3 Å². The standard InChI is InChI=1S/C22H24FN3O3/c1-3-13-10-18(22(28)29)21(27)24-20(13)14-4-5-19-15(8-14)9-17(25(19)2)12-26-7-6-16(23)11-26/h4-5,8-10,16H,3,6-7,11-12H2,1-2H3,(H,24,27)(H,28,29)/t16-/m1/s1. The molecule has 1 aliphatic rings. The first-order chi connectivity index (χ1) is 13.9. The second-order valence-corrected chi connectivity index (χ2v) is 7.66. The van der Waals surface area contributed by atoms with Gasteiger partial charge in [0.25, 0.3) is 5.56 Å². The molecule has 1 fully saturated rings. The normalized spacial score (nSPS) is 17.3. The summed E-state index contributed by atoms with van der Waals surface area (Å²) in [6.07, 6.45) is 0.451. The molecule has 0 radical (unpaired) electrons. The molecule has 1 atom stereocenters. The number of nitrogens with zero attached hydrogens (tertiary/aromatic N) is 2. The molecule has 6 nitrogen and oxygen atoms in total. The van der Waals surface area contributed by atoms with E-state index < -0.39 is 17.7 Å². The third-order valence-electron chi connectivity index (χ3n) is 5.77. The number of carboxylic acid groups (broad SMARTS) is 1. The molecule has 2 N–H and O–H groups in total. The molecule has 29 heavy (non-hydrogen) atoms. The summed E-state index contributed by atoms with van der Waals surface area (Å²) in [7, 11) is 2.00. The molecule has 1 saturated heterocycles. The first kappa shape index (κ1) is 19.4. The minimum atomic E-state index is -1.23. The van der Waals surface area contributed by atoms with Crippen molar-refractivity contribution in [1.82, 2.24) is 14.5 Å². The van der Waals surface area contributed by atoms with E-state index in [1.807, 2.05) is 32.2 Å². The number of likely N-dealkylation sites (tertiary alicyclic amines) is 1. The Morgan fingerprint density at radius 2 is 2.10 bits per heavy atom. The number of hydrogen-bond donors (Lipinski definition) is 2. The number of nitrogens with one attached hydrogen (secondary N) is 1. The number of fused-ring (bicyclic) bond motifs is 1. The maximum absolute atomic E-state index is 13.5. The van der Waals surface area contributed by atoms with Crippen LogP contribution in [0.25, 0.3) is 22.2 Å². The van der Waals surface area contributed by atoms with Gasteiger partial charge in [-0.15, -0.1) is 0 Å². The number of carboxylic acids is 1. The predicted molar refractivity (Wildman–Crippen MR) is 110 cm³/mol. The fourth-order valence-corrected chi connectivity index (χ4v) is 4.14. The Morgan fingerprint density at radius 3 is 2.76 bits per heavy atom. The number of benzene rings is 1. The molecule has 0 spiro atoms. The number of rotatable bonds is 5. The van der Waals surface area contributed by atoms with Crippen LogP contribution in [0.15, 0.2) is 35.1 Å². The van der Waals surface area contributed by atoms with Crippen molar-refractivity contribution in [2.75, 3.05) is 13.1 Å². The number of pyridine rings is 1. The quantitative estimate of drug-likeness (QED) is 0.692. The molecule has 1 aromatic carbocycles. The van der Waals surface area contributed by atoms with Crippen LogP contribution in [0.3, 0.4) is 0 Å². The van der Waals surface area contributed by atoms with Gasteiger partial charge in [-0.05, 0) is 48.2 Å². The lowest BCUT2D eigenvalue weighted by molar-refractivity contribution is 0.0695. The first-order valence-electron chi connectivity index (χ1n) is 9.82. The van der Waals surface area contributed by atoms with E-state index >= 15 is 0 Å². The minimum absolute atomic E-state index is 0.245. The van der Waals surface area contributed by atoms with E-state index in [0.29, 0.717) is 31.6 Å². The van der Waals surface area contributed by atoms with Gasteiger partial charge in [0.15, 0.2) is 0 Å². The van der Waals surface area contributed by atoms with Crippen LogP contribution in [0.2, 0.25) is 0 Å². The van der Waals surface area contributed by atoms with Gasteiger partial charge in [-0.1, -0.05) is 13.0 Å². The smallest absolute Gasteiger partial charge is 0.341 e. The molecule has 0 bridgehead atoms. The number of aromatic carboxylic acids is 1. The van der Waals surface area contributed by atoms with Crippen molar-refractivity contribution in [3.05, 3.63) is 57.5 Å². The number of alkyl halides is 1. The van der Waals surface area contributed by atoms with Crippen molar-refractivity contribution in [3.63, 3.8) is 0 Å². The van der Waals surface area contributed by atoms with E-state index in [1.165, 1.54) is 6.07 Å². The summed E-state index contributed by atoms with van der Waals surface area (Å²) in [5.41, 5.74) is 3.58. The Kier molecular flexibility index (Phi) is 5.00. The molecule has 4 rings (SSSR count). The zero-order valence-corrected chi connectivity index (χ0v) is 16.5. The zero-order valence-electron chi connectivity index (χ0n) is 16.5. The SMILES string of the molecule is CCc1cc(C(=O)O)c(=O)[nH]c1-c1ccc2c(c1)cc(CN1CC[C@@H](F)C1)n2C. The van der Waals surface area contributed by atoms with Crippen LogP contribution in [0.4, 0.5) is 4.39 Å². The van der Waals surface area contributed by atoms with E-state index in [9.17, 15) is 19.1 Å².